The van der Waals surface area contributed by atoms with Crippen LogP contribution >= 0.6 is 0 Å². The third-order valence-corrected chi connectivity index (χ3v) is 5.33. The lowest BCUT2D eigenvalue weighted by atomic mass is 9.83. The van der Waals surface area contributed by atoms with Crippen LogP contribution in [0.25, 0.3) is 0 Å². The van der Waals surface area contributed by atoms with E-state index in [0.29, 0.717) is 18.6 Å². The molecule has 1 atom stereocenters. The highest BCUT2D eigenvalue weighted by Gasteiger charge is 2.26. The van der Waals surface area contributed by atoms with Crippen molar-refractivity contribution in [3.8, 4) is 0 Å². The standard InChI is InChI=1S/C20H33NO.C2H4O2/c1-16(21(5)20(2,3)4)15-22-19-13-11-18(12-14-19)17-9-7-6-8-10-17;1-4-2-3/h6-10,16,18-19H,11-15H2,1-5H3;2H,1H3. The molecule has 2 rings (SSSR count). The van der Waals surface area contributed by atoms with Crippen LogP contribution in [-0.4, -0.2) is 49.8 Å². The molecule has 1 saturated carbocycles. The van der Waals surface area contributed by atoms with Crippen molar-refractivity contribution < 1.29 is 14.3 Å². The van der Waals surface area contributed by atoms with Gasteiger partial charge in [0.15, 0.2) is 0 Å². The van der Waals surface area contributed by atoms with Crippen molar-refractivity contribution in [3.05, 3.63) is 35.9 Å². The number of nitrogens with zero attached hydrogens (tertiary/aromatic N) is 1. The zero-order valence-corrected chi connectivity index (χ0v) is 17.4. The van der Waals surface area contributed by atoms with Crippen LogP contribution in [0.15, 0.2) is 30.3 Å². The fourth-order valence-electron chi connectivity index (χ4n) is 3.34. The minimum atomic E-state index is 0.202. The molecule has 148 valence electrons. The second kappa shape index (κ2) is 11.3. The van der Waals surface area contributed by atoms with Crippen molar-refractivity contribution >= 4 is 6.47 Å². The van der Waals surface area contributed by atoms with Crippen LogP contribution in [0, 0.1) is 0 Å². The van der Waals surface area contributed by atoms with Gasteiger partial charge in [0.05, 0.1) is 19.8 Å². The molecule has 1 aromatic rings. The normalized spacial score (nSPS) is 21.5. The van der Waals surface area contributed by atoms with Gasteiger partial charge in [-0.15, -0.1) is 0 Å². The van der Waals surface area contributed by atoms with Crippen molar-refractivity contribution in [1.29, 1.82) is 0 Å². The zero-order valence-electron chi connectivity index (χ0n) is 17.4. The summed E-state index contributed by atoms with van der Waals surface area (Å²) in [6.45, 7) is 10.3. The Balaban J connectivity index is 0.000000765. The summed E-state index contributed by atoms with van der Waals surface area (Å²) < 4.78 is 10.1. The Kier molecular flexibility index (Phi) is 9.89. The zero-order chi connectivity index (χ0) is 19.6. The van der Waals surface area contributed by atoms with E-state index in [0.717, 1.165) is 12.5 Å². The molecule has 1 fully saturated rings. The number of carbonyl (C=O) groups is 1. The van der Waals surface area contributed by atoms with Gasteiger partial charge in [0, 0.05) is 11.6 Å². The van der Waals surface area contributed by atoms with Gasteiger partial charge in [-0.25, -0.2) is 0 Å². The Bertz CT molecular complexity index is 490. The van der Waals surface area contributed by atoms with Gasteiger partial charge < -0.3 is 9.47 Å². The predicted molar refractivity (Wildman–Crippen MR) is 107 cm³/mol. The van der Waals surface area contributed by atoms with Gasteiger partial charge in [-0.2, -0.15) is 0 Å². The fourth-order valence-corrected chi connectivity index (χ4v) is 3.34. The highest BCUT2D eigenvalue weighted by atomic mass is 16.5. The summed E-state index contributed by atoms with van der Waals surface area (Å²) in [6, 6.07) is 11.4. The summed E-state index contributed by atoms with van der Waals surface area (Å²) in [6.07, 6.45) is 5.38. The number of ether oxygens (including phenoxy) is 2. The van der Waals surface area contributed by atoms with E-state index in [1.54, 1.807) is 0 Å². The van der Waals surface area contributed by atoms with Crippen LogP contribution in [-0.2, 0) is 14.3 Å². The molecule has 0 radical (unpaired) electrons. The summed E-state index contributed by atoms with van der Waals surface area (Å²) in [5.41, 5.74) is 1.70. The first-order chi connectivity index (χ1) is 12.3. The first-order valence-corrected chi connectivity index (χ1v) is 9.65. The van der Waals surface area contributed by atoms with E-state index in [1.165, 1.54) is 38.4 Å². The average Bonchev–Trinajstić information content (AvgIpc) is 2.66. The van der Waals surface area contributed by atoms with Crippen molar-refractivity contribution in [2.75, 3.05) is 20.8 Å². The fraction of sp³-hybridized carbons (Fsp3) is 0.682. The molecule has 4 heteroatoms. The third-order valence-electron chi connectivity index (χ3n) is 5.33. The molecule has 0 aromatic heterocycles. The van der Waals surface area contributed by atoms with Gasteiger partial charge in [-0.1, -0.05) is 30.3 Å². The molecule has 0 aliphatic heterocycles. The van der Waals surface area contributed by atoms with Crippen molar-refractivity contribution in [2.45, 2.75) is 77.0 Å². The number of rotatable bonds is 6. The van der Waals surface area contributed by atoms with Crippen LogP contribution in [0.2, 0.25) is 0 Å². The number of benzene rings is 1. The molecule has 1 aliphatic rings. The van der Waals surface area contributed by atoms with E-state index in [-0.39, 0.29) is 5.54 Å². The molecule has 26 heavy (non-hydrogen) atoms. The Labute approximate surface area is 159 Å². The van der Waals surface area contributed by atoms with Crippen molar-refractivity contribution in [2.24, 2.45) is 0 Å². The summed E-state index contributed by atoms with van der Waals surface area (Å²) >= 11 is 0. The topological polar surface area (TPSA) is 38.8 Å². The first kappa shape index (κ1) is 22.7. The summed E-state index contributed by atoms with van der Waals surface area (Å²) in [5.74, 6) is 0.732. The maximum atomic E-state index is 8.95. The molecular weight excluding hydrogens is 326 g/mol. The molecule has 0 saturated heterocycles. The summed E-state index contributed by atoms with van der Waals surface area (Å²) in [4.78, 5) is 11.4. The van der Waals surface area contributed by atoms with Gasteiger partial charge in [-0.05, 0) is 71.9 Å². The summed E-state index contributed by atoms with van der Waals surface area (Å²) in [7, 11) is 3.51. The van der Waals surface area contributed by atoms with E-state index in [9.17, 15) is 0 Å². The summed E-state index contributed by atoms with van der Waals surface area (Å²) in [5, 5.41) is 0. The van der Waals surface area contributed by atoms with E-state index in [4.69, 9.17) is 9.53 Å². The molecule has 0 amide bonds. The lowest BCUT2D eigenvalue weighted by molar-refractivity contribution is -0.126. The van der Waals surface area contributed by atoms with E-state index in [1.807, 2.05) is 0 Å². The molecule has 4 nitrogen and oxygen atoms in total. The minimum absolute atomic E-state index is 0.202. The highest BCUT2D eigenvalue weighted by molar-refractivity contribution is 5.36. The maximum absolute atomic E-state index is 8.95. The van der Waals surface area contributed by atoms with E-state index < -0.39 is 0 Å². The molecule has 0 spiro atoms. The quantitative estimate of drug-likeness (QED) is 0.690. The van der Waals surface area contributed by atoms with Gasteiger partial charge in [0.1, 0.15) is 0 Å². The average molecular weight is 364 g/mol. The van der Waals surface area contributed by atoms with Gasteiger partial charge in [0.25, 0.3) is 6.47 Å². The Morgan fingerprint density at radius 1 is 1.15 bits per heavy atom. The van der Waals surface area contributed by atoms with Crippen LogP contribution < -0.4 is 0 Å². The Morgan fingerprint density at radius 3 is 2.15 bits per heavy atom. The number of hydrogen-bond donors (Lipinski definition) is 0. The lowest BCUT2D eigenvalue weighted by Crippen LogP contribution is -2.46. The Morgan fingerprint density at radius 2 is 1.69 bits per heavy atom. The molecular formula is C22H37NO3. The van der Waals surface area contributed by atoms with Crippen LogP contribution in [0.5, 0.6) is 0 Å². The second-order valence-electron chi connectivity index (χ2n) is 8.18. The number of hydrogen-bond acceptors (Lipinski definition) is 4. The third kappa shape index (κ3) is 7.88. The molecule has 1 unspecified atom stereocenters. The van der Waals surface area contributed by atoms with Gasteiger partial charge >= 0.3 is 0 Å². The van der Waals surface area contributed by atoms with E-state index in [2.05, 4.69) is 74.7 Å². The van der Waals surface area contributed by atoms with E-state index >= 15 is 0 Å². The maximum Gasteiger partial charge on any atom is 0.292 e. The number of methoxy groups -OCH3 is 1. The minimum Gasteiger partial charge on any atom is -0.471 e. The van der Waals surface area contributed by atoms with Gasteiger partial charge in [-0.3, -0.25) is 9.69 Å². The smallest absolute Gasteiger partial charge is 0.292 e. The molecule has 0 bridgehead atoms. The van der Waals surface area contributed by atoms with Crippen molar-refractivity contribution in [3.63, 3.8) is 0 Å². The van der Waals surface area contributed by atoms with Crippen molar-refractivity contribution in [1.82, 2.24) is 4.90 Å². The van der Waals surface area contributed by atoms with Crippen LogP contribution in [0.3, 0.4) is 0 Å². The predicted octanol–water partition coefficient (Wildman–Crippen LogP) is 4.64. The van der Waals surface area contributed by atoms with Gasteiger partial charge in [0.2, 0.25) is 0 Å². The van der Waals surface area contributed by atoms with Crippen LogP contribution in [0.1, 0.15) is 64.9 Å². The number of likely N-dealkylation sites (N-methyl/N-ethyl adjacent to an activating group) is 1. The molecule has 1 aliphatic carbocycles. The first-order valence-electron chi connectivity index (χ1n) is 9.65. The molecule has 0 N–H and O–H groups in total. The largest absolute Gasteiger partial charge is 0.471 e. The second-order valence-corrected chi connectivity index (χ2v) is 8.18. The Hall–Kier alpha value is -1.39. The SMILES string of the molecule is CC(COC1CCC(c2ccccc2)CC1)N(C)C(C)(C)C.COC=O. The molecule has 1 aromatic carbocycles. The highest BCUT2D eigenvalue weighted by Crippen LogP contribution is 2.34. The monoisotopic (exact) mass is 363 g/mol. The number of carbonyl (C=O) groups excluding carboxylic acids is 1. The van der Waals surface area contributed by atoms with Crippen LogP contribution in [0.4, 0.5) is 0 Å². The lowest BCUT2D eigenvalue weighted by Gasteiger charge is -2.38. The molecule has 0 heterocycles.